The van der Waals surface area contributed by atoms with E-state index in [0.717, 1.165) is 23.1 Å². The van der Waals surface area contributed by atoms with Crippen molar-refractivity contribution in [2.24, 2.45) is 5.92 Å². The topological polar surface area (TPSA) is 12.0 Å². The van der Waals surface area contributed by atoms with E-state index in [1.807, 2.05) is 12.1 Å². The number of rotatable bonds is 5. The summed E-state index contributed by atoms with van der Waals surface area (Å²) in [4.78, 5) is 0.760. The summed E-state index contributed by atoms with van der Waals surface area (Å²) in [5, 5.41) is 3.62. The molecule has 0 saturated heterocycles. The first kappa shape index (κ1) is 13.9. The van der Waals surface area contributed by atoms with E-state index in [9.17, 15) is 4.39 Å². The highest BCUT2D eigenvalue weighted by Crippen LogP contribution is 2.24. The highest BCUT2D eigenvalue weighted by molar-refractivity contribution is 7.99. The summed E-state index contributed by atoms with van der Waals surface area (Å²) in [5.41, 5.74) is 0. The van der Waals surface area contributed by atoms with Gasteiger partial charge in [0.25, 0.3) is 0 Å². The van der Waals surface area contributed by atoms with Crippen molar-refractivity contribution in [3.63, 3.8) is 0 Å². The van der Waals surface area contributed by atoms with E-state index in [2.05, 4.69) is 12.2 Å². The average molecular weight is 267 g/mol. The molecule has 1 aromatic rings. The van der Waals surface area contributed by atoms with Crippen LogP contribution in [0.1, 0.15) is 32.6 Å². The average Bonchev–Trinajstić information content (AvgIpc) is 2.38. The van der Waals surface area contributed by atoms with Gasteiger partial charge in [0.15, 0.2) is 0 Å². The summed E-state index contributed by atoms with van der Waals surface area (Å²) in [5.74, 6) is 1.62. The van der Waals surface area contributed by atoms with E-state index in [-0.39, 0.29) is 5.82 Å². The van der Waals surface area contributed by atoms with Crippen molar-refractivity contribution in [3.05, 3.63) is 30.1 Å². The molecule has 2 atom stereocenters. The molecule has 3 heteroatoms. The van der Waals surface area contributed by atoms with Gasteiger partial charge in [-0.25, -0.2) is 4.39 Å². The lowest BCUT2D eigenvalue weighted by Gasteiger charge is -2.29. The van der Waals surface area contributed by atoms with Crippen LogP contribution >= 0.6 is 11.8 Å². The van der Waals surface area contributed by atoms with Crippen LogP contribution in [-0.4, -0.2) is 18.3 Å². The van der Waals surface area contributed by atoms with Gasteiger partial charge in [0.1, 0.15) is 5.82 Å². The van der Waals surface area contributed by atoms with E-state index >= 15 is 0 Å². The second kappa shape index (κ2) is 7.15. The van der Waals surface area contributed by atoms with Gasteiger partial charge in [0.05, 0.1) is 0 Å². The minimum absolute atomic E-state index is 0.103. The first-order valence-electron chi connectivity index (χ1n) is 6.88. The van der Waals surface area contributed by atoms with Crippen molar-refractivity contribution in [1.29, 1.82) is 0 Å². The standard InChI is InChI=1S/C15H22FNS/c1-12-6-2-4-8-14(12)17-10-11-18-15-9-5-3-7-13(15)16/h3,5,7,9,12,14,17H,2,4,6,8,10-11H2,1H3. The predicted octanol–water partition coefficient (Wildman–Crippen LogP) is 4.09. The van der Waals surface area contributed by atoms with Crippen molar-refractivity contribution >= 4 is 11.8 Å². The number of hydrogen-bond acceptors (Lipinski definition) is 2. The summed E-state index contributed by atoms with van der Waals surface area (Å²) < 4.78 is 13.4. The highest BCUT2D eigenvalue weighted by Gasteiger charge is 2.20. The van der Waals surface area contributed by atoms with Crippen LogP contribution in [0.25, 0.3) is 0 Å². The Kier molecular flexibility index (Phi) is 5.51. The molecule has 2 unspecified atom stereocenters. The maximum Gasteiger partial charge on any atom is 0.136 e. The van der Waals surface area contributed by atoms with Gasteiger partial charge in [-0.1, -0.05) is 31.9 Å². The van der Waals surface area contributed by atoms with Crippen LogP contribution in [0.5, 0.6) is 0 Å². The monoisotopic (exact) mass is 267 g/mol. The summed E-state index contributed by atoms with van der Waals surface area (Å²) in [6.07, 6.45) is 5.37. The van der Waals surface area contributed by atoms with Crippen LogP contribution in [0.4, 0.5) is 4.39 Å². The zero-order valence-corrected chi connectivity index (χ0v) is 11.8. The molecule has 1 aromatic carbocycles. The Morgan fingerprint density at radius 2 is 2.06 bits per heavy atom. The van der Waals surface area contributed by atoms with Gasteiger partial charge >= 0.3 is 0 Å². The van der Waals surface area contributed by atoms with Gasteiger partial charge < -0.3 is 5.32 Å². The largest absolute Gasteiger partial charge is 0.313 e. The van der Waals surface area contributed by atoms with Crippen molar-refractivity contribution in [1.82, 2.24) is 5.32 Å². The van der Waals surface area contributed by atoms with Crippen LogP contribution in [0.15, 0.2) is 29.2 Å². The Hall–Kier alpha value is -0.540. The molecule has 0 aliphatic heterocycles. The fourth-order valence-corrected chi connectivity index (χ4v) is 3.41. The van der Waals surface area contributed by atoms with Crippen LogP contribution < -0.4 is 5.32 Å². The van der Waals surface area contributed by atoms with E-state index in [1.54, 1.807) is 17.8 Å². The summed E-state index contributed by atoms with van der Waals surface area (Å²) in [6, 6.07) is 7.67. The third-order valence-electron chi connectivity index (χ3n) is 3.71. The first-order chi connectivity index (χ1) is 8.77. The van der Waals surface area contributed by atoms with Crippen molar-refractivity contribution < 1.29 is 4.39 Å². The van der Waals surface area contributed by atoms with Crippen molar-refractivity contribution in [2.45, 2.75) is 43.5 Å². The number of nitrogens with one attached hydrogen (secondary N) is 1. The molecule has 100 valence electrons. The van der Waals surface area contributed by atoms with Crippen LogP contribution in [0.3, 0.4) is 0 Å². The van der Waals surface area contributed by atoms with Crippen LogP contribution in [0.2, 0.25) is 0 Å². The molecule has 1 saturated carbocycles. The maximum atomic E-state index is 13.4. The molecule has 1 aliphatic carbocycles. The molecular formula is C15H22FNS. The Bertz CT molecular complexity index is 369. The zero-order valence-electron chi connectivity index (χ0n) is 11.0. The molecule has 1 aliphatic rings. The predicted molar refractivity (Wildman–Crippen MR) is 76.5 cm³/mol. The Morgan fingerprint density at radius 3 is 2.83 bits per heavy atom. The van der Waals surface area contributed by atoms with Crippen molar-refractivity contribution in [3.8, 4) is 0 Å². The molecule has 0 aromatic heterocycles. The normalized spacial score (nSPS) is 24.1. The van der Waals surface area contributed by atoms with Gasteiger partial charge in [0.2, 0.25) is 0 Å². The van der Waals surface area contributed by atoms with Gasteiger partial charge in [-0.2, -0.15) is 0 Å². The lowest BCUT2D eigenvalue weighted by atomic mass is 9.86. The third-order valence-corrected chi connectivity index (χ3v) is 4.76. The summed E-state index contributed by atoms with van der Waals surface area (Å²) >= 11 is 1.60. The maximum absolute atomic E-state index is 13.4. The lowest BCUT2D eigenvalue weighted by Crippen LogP contribution is -2.38. The smallest absolute Gasteiger partial charge is 0.136 e. The molecule has 0 bridgehead atoms. The minimum atomic E-state index is -0.103. The minimum Gasteiger partial charge on any atom is -0.313 e. The van der Waals surface area contributed by atoms with Crippen LogP contribution in [0, 0.1) is 11.7 Å². The van der Waals surface area contributed by atoms with Crippen LogP contribution in [-0.2, 0) is 0 Å². The zero-order chi connectivity index (χ0) is 12.8. The molecule has 1 fully saturated rings. The Morgan fingerprint density at radius 1 is 1.28 bits per heavy atom. The number of benzene rings is 1. The first-order valence-corrected chi connectivity index (χ1v) is 7.86. The summed E-state index contributed by atoms with van der Waals surface area (Å²) in [6.45, 7) is 3.30. The van der Waals surface area contributed by atoms with E-state index < -0.39 is 0 Å². The number of hydrogen-bond donors (Lipinski definition) is 1. The molecule has 1 nitrogen and oxygen atoms in total. The fourth-order valence-electron chi connectivity index (χ4n) is 2.59. The Labute approximate surface area is 114 Å². The SMILES string of the molecule is CC1CCCCC1NCCSc1ccccc1F. The van der Waals surface area contributed by atoms with Gasteiger partial charge in [-0.15, -0.1) is 11.8 Å². The second-order valence-corrected chi connectivity index (χ2v) is 6.24. The van der Waals surface area contributed by atoms with E-state index in [1.165, 1.54) is 31.7 Å². The molecule has 0 radical (unpaired) electrons. The highest BCUT2D eigenvalue weighted by atomic mass is 32.2. The van der Waals surface area contributed by atoms with Crippen molar-refractivity contribution in [2.75, 3.05) is 12.3 Å². The molecule has 2 rings (SSSR count). The number of halogens is 1. The van der Waals surface area contributed by atoms with E-state index in [4.69, 9.17) is 0 Å². The molecule has 1 N–H and O–H groups in total. The molecule has 0 spiro atoms. The van der Waals surface area contributed by atoms with Gasteiger partial charge in [-0.05, 0) is 30.9 Å². The number of thioether (sulfide) groups is 1. The van der Waals surface area contributed by atoms with E-state index in [0.29, 0.717) is 6.04 Å². The third kappa shape index (κ3) is 3.99. The summed E-state index contributed by atoms with van der Waals surface area (Å²) in [7, 11) is 0. The molecule has 0 heterocycles. The molecule has 18 heavy (non-hydrogen) atoms. The molecular weight excluding hydrogens is 245 g/mol. The Balaban J connectivity index is 1.68. The lowest BCUT2D eigenvalue weighted by molar-refractivity contribution is 0.285. The quantitative estimate of drug-likeness (QED) is 0.637. The second-order valence-electron chi connectivity index (χ2n) is 5.10. The van der Waals surface area contributed by atoms with Gasteiger partial charge in [-0.3, -0.25) is 0 Å². The van der Waals surface area contributed by atoms with Gasteiger partial charge in [0, 0.05) is 23.2 Å². The fraction of sp³-hybridized carbons (Fsp3) is 0.600. The molecule has 0 amide bonds.